The quantitative estimate of drug-likeness (QED) is 0.158. The van der Waals surface area contributed by atoms with Crippen LogP contribution in [0.4, 0.5) is 0 Å². The third-order valence-corrected chi connectivity index (χ3v) is 12.0. The molecule has 0 aliphatic carbocycles. The van der Waals surface area contributed by atoms with Crippen molar-refractivity contribution in [2.24, 2.45) is 0 Å². The lowest BCUT2D eigenvalue weighted by Gasteiger charge is -2.16. The van der Waals surface area contributed by atoms with Gasteiger partial charge in [-0.15, -0.1) is 0 Å². The smallest absolute Gasteiger partial charge is 0.164 e. The molecule has 0 aliphatic rings. The number of hydrogen-bond acceptors (Lipinski definition) is 3. The summed E-state index contributed by atoms with van der Waals surface area (Å²) in [5.41, 5.74) is 10.7. The SMILES string of the molecule is c1ccc(-c2cc(-c3ccccc3)c3c(c2)c2c(-c4nc(-c5ccccc5)nc(-c5ccccc5)n4)cccc2n3-c2ccc3c4ccccc4c4ccccc4c3c2)cc1. The summed E-state index contributed by atoms with van der Waals surface area (Å²) < 4.78 is 2.46. The van der Waals surface area contributed by atoms with Gasteiger partial charge in [0.1, 0.15) is 0 Å². The molecule has 10 aromatic carbocycles. The molecule has 12 aromatic rings. The van der Waals surface area contributed by atoms with Gasteiger partial charge in [-0.1, -0.05) is 188 Å². The summed E-state index contributed by atoms with van der Waals surface area (Å²) in [7, 11) is 0. The second kappa shape index (κ2) is 14.3. The first-order valence-corrected chi connectivity index (χ1v) is 20.7. The van der Waals surface area contributed by atoms with Crippen molar-refractivity contribution in [2.45, 2.75) is 0 Å². The van der Waals surface area contributed by atoms with Gasteiger partial charge < -0.3 is 4.57 Å². The molecule has 12 rings (SSSR count). The average Bonchev–Trinajstić information content (AvgIpc) is 3.69. The van der Waals surface area contributed by atoms with Gasteiger partial charge in [0, 0.05) is 38.7 Å². The average molecular weight is 777 g/mol. The molecule has 0 aliphatic heterocycles. The van der Waals surface area contributed by atoms with Crippen LogP contribution in [0.2, 0.25) is 0 Å². The molecular formula is C57H36N4. The second-order valence-corrected chi connectivity index (χ2v) is 15.5. The molecule has 2 aromatic heterocycles. The van der Waals surface area contributed by atoms with Crippen LogP contribution in [0.15, 0.2) is 218 Å². The molecule has 0 atom stereocenters. The Kier molecular flexibility index (Phi) is 8.13. The van der Waals surface area contributed by atoms with Gasteiger partial charge in [-0.3, -0.25) is 0 Å². The Labute approximate surface area is 352 Å². The molecule has 0 fully saturated rings. The van der Waals surface area contributed by atoms with E-state index in [1.54, 1.807) is 0 Å². The molecule has 0 amide bonds. The summed E-state index contributed by atoms with van der Waals surface area (Å²) in [6, 6.07) is 77.7. The topological polar surface area (TPSA) is 43.6 Å². The zero-order valence-corrected chi connectivity index (χ0v) is 33.1. The van der Waals surface area contributed by atoms with Gasteiger partial charge in [0.05, 0.1) is 11.0 Å². The molecule has 0 spiro atoms. The maximum absolute atomic E-state index is 5.27. The summed E-state index contributed by atoms with van der Waals surface area (Å²) >= 11 is 0. The van der Waals surface area contributed by atoms with Crippen LogP contribution in [-0.2, 0) is 0 Å². The lowest BCUT2D eigenvalue weighted by Crippen LogP contribution is -2.00. The highest BCUT2D eigenvalue weighted by Gasteiger charge is 2.23. The maximum Gasteiger partial charge on any atom is 0.164 e. The predicted octanol–water partition coefficient (Wildman–Crippen LogP) is 14.8. The van der Waals surface area contributed by atoms with Crippen molar-refractivity contribution in [3.05, 3.63) is 218 Å². The normalized spacial score (nSPS) is 11.6. The number of aromatic nitrogens is 4. The summed E-state index contributed by atoms with van der Waals surface area (Å²) in [5, 5.41) is 9.67. The fourth-order valence-electron chi connectivity index (χ4n) is 9.25. The molecule has 0 bridgehead atoms. The minimum Gasteiger partial charge on any atom is -0.309 e. The standard InChI is InChI=1S/C57H36N4/c1-5-18-37(19-6-1)41-34-49(38-20-7-2-8-21-38)54-51(35-41)53-48(57-59-55(39-22-9-3-10-23-39)58-56(60-57)40-24-11-4-12-25-40)30-17-31-52(53)61(54)42-32-33-47-45-28-14-13-26-43(45)44-27-15-16-29-46(44)50(47)36-42/h1-36H. The monoisotopic (exact) mass is 776 g/mol. The molecular weight excluding hydrogens is 741 g/mol. The van der Waals surface area contributed by atoms with Gasteiger partial charge in [0.2, 0.25) is 0 Å². The van der Waals surface area contributed by atoms with E-state index in [-0.39, 0.29) is 0 Å². The second-order valence-electron chi connectivity index (χ2n) is 15.5. The first kappa shape index (κ1) is 34.8. The first-order chi connectivity index (χ1) is 30.3. The van der Waals surface area contributed by atoms with Crippen molar-refractivity contribution >= 4 is 54.1 Å². The maximum atomic E-state index is 5.27. The molecule has 4 nitrogen and oxygen atoms in total. The number of benzene rings is 10. The molecule has 2 heterocycles. The Bertz CT molecular complexity index is 3520. The summed E-state index contributed by atoms with van der Waals surface area (Å²) in [5.74, 6) is 1.89. The molecule has 0 saturated heterocycles. The van der Waals surface area contributed by atoms with Crippen molar-refractivity contribution in [3.8, 4) is 62.1 Å². The van der Waals surface area contributed by atoms with E-state index in [9.17, 15) is 0 Å². The number of hydrogen-bond donors (Lipinski definition) is 0. The molecule has 0 N–H and O–H groups in total. The fourth-order valence-corrected chi connectivity index (χ4v) is 9.25. The molecule has 0 saturated carbocycles. The summed E-state index contributed by atoms with van der Waals surface area (Å²) in [6.45, 7) is 0. The van der Waals surface area contributed by atoms with Gasteiger partial charge in [-0.25, -0.2) is 15.0 Å². The first-order valence-electron chi connectivity index (χ1n) is 20.7. The van der Waals surface area contributed by atoms with Crippen LogP contribution in [0.1, 0.15) is 0 Å². The van der Waals surface area contributed by atoms with Gasteiger partial charge in [0.15, 0.2) is 17.5 Å². The van der Waals surface area contributed by atoms with Crippen LogP contribution < -0.4 is 0 Å². The van der Waals surface area contributed by atoms with E-state index in [0.717, 1.165) is 66.4 Å². The number of rotatable bonds is 6. The van der Waals surface area contributed by atoms with Gasteiger partial charge in [-0.2, -0.15) is 0 Å². The summed E-state index contributed by atoms with van der Waals surface area (Å²) in [4.78, 5) is 15.6. The molecule has 0 unspecified atom stereocenters. The third-order valence-electron chi connectivity index (χ3n) is 12.0. The minimum atomic E-state index is 0.625. The van der Waals surface area contributed by atoms with Crippen LogP contribution in [0, 0.1) is 0 Å². The van der Waals surface area contributed by atoms with Crippen LogP contribution in [0.3, 0.4) is 0 Å². The van der Waals surface area contributed by atoms with Crippen molar-refractivity contribution < 1.29 is 0 Å². The molecule has 61 heavy (non-hydrogen) atoms. The van der Waals surface area contributed by atoms with E-state index in [0.29, 0.717) is 17.5 Å². The Morgan fingerprint density at radius 3 is 1.33 bits per heavy atom. The predicted molar refractivity (Wildman–Crippen MR) is 254 cm³/mol. The zero-order valence-electron chi connectivity index (χ0n) is 33.1. The van der Waals surface area contributed by atoms with E-state index in [2.05, 4.69) is 187 Å². The highest BCUT2D eigenvalue weighted by Crippen LogP contribution is 2.45. The third kappa shape index (κ3) is 5.80. The van der Waals surface area contributed by atoms with E-state index in [1.807, 2.05) is 36.4 Å². The van der Waals surface area contributed by atoms with Gasteiger partial charge in [0.25, 0.3) is 0 Å². The van der Waals surface area contributed by atoms with E-state index < -0.39 is 0 Å². The number of fused-ring (bicyclic) bond motifs is 9. The van der Waals surface area contributed by atoms with Crippen LogP contribution in [0.5, 0.6) is 0 Å². The van der Waals surface area contributed by atoms with Gasteiger partial charge in [-0.05, 0) is 79.3 Å². The Balaban J connectivity index is 1.23. The van der Waals surface area contributed by atoms with Crippen molar-refractivity contribution in [1.29, 1.82) is 0 Å². The van der Waals surface area contributed by atoms with Crippen molar-refractivity contribution in [3.63, 3.8) is 0 Å². The summed E-state index contributed by atoms with van der Waals surface area (Å²) in [6.07, 6.45) is 0. The van der Waals surface area contributed by atoms with E-state index >= 15 is 0 Å². The van der Waals surface area contributed by atoms with E-state index in [1.165, 1.54) is 32.3 Å². The van der Waals surface area contributed by atoms with Gasteiger partial charge >= 0.3 is 0 Å². The molecule has 4 heteroatoms. The molecule has 0 radical (unpaired) electrons. The van der Waals surface area contributed by atoms with Crippen LogP contribution in [0.25, 0.3) is 116 Å². The van der Waals surface area contributed by atoms with Crippen LogP contribution >= 0.6 is 0 Å². The zero-order chi connectivity index (χ0) is 40.3. The van der Waals surface area contributed by atoms with E-state index in [4.69, 9.17) is 15.0 Å². The Morgan fingerprint density at radius 1 is 0.279 bits per heavy atom. The molecule has 284 valence electrons. The van der Waals surface area contributed by atoms with Crippen molar-refractivity contribution in [2.75, 3.05) is 0 Å². The lowest BCUT2D eigenvalue weighted by molar-refractivity contribution is 1.08. The fraction of sp³-hybridized carbons (Fsp3) is 0. The minimum absolute atomic E-state index is 0.625. The highest BCUT2D eigenvalue weighted by atomic mass is 15.0. The largest absolute Gasteiger partial charge is 0.309 e. The Hall–Kier alpha value is -8.21. The van der Waals surface area contributed by atoms with Crippen molar-refractivity contribution in [1.82, 2.24) is 19.5 Å². The van der Waals surface area contributed by atoms with Crippen LogP contribution in [-0.4, -0.2) is 19.5 Å². The Morgan fingerprint density at radius 2 is 0.754 bits per heavy atom. The highest BCUT2D eigenvalue weighted by molar-refractivity contribution is 6.26. The number of nitrogens with zero attached hydrogens (tertiary/aromatic N) is 4. The lowest BCUT2D eigenvalue weighted by atomic mass is 9.94.